The number of nitriles is 1. The molecule has 2 aromatic heterocycles. The van der Waals surface area contributed by atoms with Crippen LogP contribution in [0.15, 0.2) is 67.0 Å². The number of nitrogens with zero attached hydrogens (tertiary/aromatic N) is 4. The van der Waals surface area contributed by atoms with Gasteiger partial charge in [0.25, 0.3) is 11.8 Å². The first-order chi connectivity index (χ1) is 20.6. The molecule has 2 fully saturated rings. The zero-order valence-corrected chi connectivity index (χ0v) is 23.2. The predicted molar refractivity (Wildman–Crippen MR) is 153 cm³/mol. The predicted octanol–water partition coefficient (Wildman–Crippen LogP) is 4.68. The van der Waals surface area contributed by atoms with Crippen LogP contribution in [0, 0.1) is 11.3 Å². The van der Waals surface area contributed by atoms with E-state index in [1.807, 2.05) is 6.07 Å². The zero-order chi connectivity index (χ0) is 30.4. The number of amides is 3. The van der Waals surface area contributed by atoms with Gasteiger partial charge in [-0.25, -0.2) is 13.8 Å². The van der Waals surface area contributed by atoms with Crippen molar-refractivity contribution in [1.29, 1.82) is 5.26 Å². The number of halogens is 3. The summed E-state index contributed by atoms with van der Waals surface area (Å²) >= 11 is 6.62. The van der Waals surface area contributed by atoms with Crippen LogP contribution in [0.25, 0.3) is 10.9 Å². The first-order valence-corrected chi connectivity index (χ1v) is 13.9. The zero-order valence-electron chi connectivity index (χ0n) is 22.5. The summed E-state index contributed by atoms with van der Waals surface area (Å²) in [5, 5.41) is 22.8. The van der Waals surface area contributed by atoms with Gasteiger partial charge in [0.15, 0.2) is 0 Å². The second-order valence-electron chi connectivity index (χ2n) is 10.7. The van der Waals surface area contributed by atoms with Crippen LogP contribution in [0.1, 0.15) is 42.7 Å². The average molecular weight is 604 g/mol. The van der Waals surface area contributed by atoms with E-state index >= 15 is 0 Å². The Kier molecular flexibility index (Phi) is 7.06. The third-order valence-corrected chi connectivity index (χ3v) is 8.30. The molecular formula is C30H24ClF2N7O3. The first-order valence-electron chi connectivity index (χ1n) is 13.5. The van der Waals surface area contributed by atoms with Gasteiger partial charge in [-0.15, -0.1) is 0 Å². The maximum absolute atomic E-state index is 14.6. The maximum Gasteiger partial charge on any atom is 0.252 e. The lowest BCUT2D eigenvalue weighted by atomic mass is 9.74. The van der Waals surface area contributed by atoms with Crippen molar-refractivity contribution in [3.63, 3.8) is 0 Å². The number of fused-ring (bicyclic) bond motifs is 1. The van der Waals surface area contributed by atoms with Gasteiger partial charge in [0, 0.05) is 47.6 Å². The van der Waals surface area contributed by atoms with E-state index in [0.29, 0.717) is 11.1 Å². The normalized spacial score (nSPS) is 20.3. The summed E-state index contributed by atoms with van der Waals surface area (Å²) < 4.78 is 27.5. The molecule has 1 unspecified atom stereocenters. The van der Waals surface area contributed by atoms with Crippen molar-refractivity contribution in [3.8, 4) is 6.07 Å². The van der Waals surface area contributed by atoms with Gasteiger partial charge in [-0.1, -0.05) is 29.8 Å². The highest BCUT2D eigenvalue weighted by Crippen LogP contribution is 2.47. The van der Waals surface area contributed by atoms with Gasteiger partial charge in [0.2, 0.25) is 11.8 Å². The van der Waals surface area contributed by atoms with E-state index in [9.17, 15) is 28.4 Å². The van der Waals surface area contributed by atoms with Crippen LogP contribution in [-0.2, 0) is 14.4 Å². The molecule has 218 valence electrons. The van der Waals surface area contributed by atoms with E-state index in [2.05, 4.69) is 25.8 Å². The Morgan fingerprint density at radius 3 is 2.70 bits per heavy atom. The lowest BCUT2D eigenvalue weighted by Crippen LogP contribution is -2.63. The quantitative estimate of drug-likeness (QED) is 0.280. The summed E-state index contributed by atoms with van der Waals surface area (Å²) in [6, 6.07) is 15.4. The lowest BCUT2D eigenvalue weighted by Gasteiger charge is -2.43. The van der Waals surface area contributed by atoms with Crippen molar-refractivity contribution in [2.75, 3.05) is 10.2 Å². The molecule has 0 radical (unpaired) electrons. The molecule has 1 aliphatic heterocycles. The fraction of sp³-hybridized carbons (Fsp3) is 0.267. The number of pyridine rings is 1. The number of carbonyl (C=O) groups excluding carboxylic acids is 3. The minimum atomic E-state index is -2.91. The van der Waals surface area contributed by atoms with E-state index in [0.717, 1.165) is 10.4 Å². The molecule has 3 heterocycles. The van der Waals surface area contributed by atoms with Crippen molar-refractivity contribution in [3.05, 3.63) is 83.1 Å². The molecule has 13 heteroatoms. The van der Waals surface area contributed by atoms with Crippen LogP contribution >= 0.6 is 11.6 Å². The molecule has 43 heavy (non-hydrogen) atoms. The highest BCUT2D eigenvalue weighted by molar-refractivity contribution is 6.32. The van der Waals surface area contributed by atoms with Gasteiger partial charge in [-0.3, -0.25) is 24.4 Å². The van der Waals surface area contributed by atoms with Crippen LogP contribution < -0.4 is 15.5 Å². The van der Waals surface area contributed by atoms with Crippen LogP contribution in [0.2, 0.25) is 5.02 Å². The van der Waals surface area contributed by atoms with Crippen molar-refractivity contribution in [2.45, 2.75) is 49.1 Å². The molecule has 3 N–H and O–H groups in total. The van der Waals surface area contributed by atoms with Gasteiger partial charge in [-0.05, 0) is 48.4 Å². The molecule has 1 aliphatic carbocycles. The molecule has 2 aromatic carbocycles. The van der Waals surface area contributed by atoms with Crippen molar-refractivity contribution in [2.24, 2.45) is 0 Å². The van der Waals surface area contributed by atoms with Gasteiger partial charge < -0.3 is 10.6 Å². The van der Waals surface area contributed by atoms with Crippen molar-refractivity contribution in [1.82, 2.24) is 20.5 Å². The van der Waals surface area contributed by atoms with Crippen LogP contribution in [0.4, 0.5) is 20.3 Å². The molecule has 2 atom stereocenters. The van der Waals surface area contributed by atoms with Gasteiger partial charge in [-0.2, -0.15) is 10.4 Å². The molecule has 4 aromatic rings. The molecule has 0 bridgehead atoms. The summed E-state index contributed by atoms with van der Waals surface area (Å²) in [4.78, 5) is 47.9. The molecule has 6 rings (SSSR count). The summed E-state index contributed by atoms with van der Waals surface area (Å²) in [7, 11) is 0. The second kappa shape index (κ2) is 10.7. The Labute approximate surface area is 249 Å². The number of aromatic nitrogens is 3. The maximum atomic E-state index is 14.6. The van der Waals surface area contributed by atoms with E-state index in [1.165, 1.54) is 18.3 Å². The van der Waals surface area contributed by atoms with Gasteiger partial charge >= 0.3 is 0 Å². The summed E-state index contributed by atoms with van der Waals surface area (Å²) in [6.07, 6.45) is 1.54. The number of hydrogen-bond donors (Lipinski definition) is 3. The molecule has 0 spiro atoms. The smallest absolute Gasteiger partial charge is 0.252 e. The SMILES string of the molecule is N#Cc1ccnc(N2C(=O)CCC2(C(=O)Nc2ccc3[nH]ncc3c2)[C@@H](C(=O)NC2CC(F)(F)C2)c2ccccc2Cl)c1. The molecule has 1 saturated carbocycles. The van der Waals surface area contributed by atoms with Crippen molar-refractivity contribution < 1.29 is 23.2 Å². The topological polar surface area (TPSA) is 144 Å². The first kappa shape index (κ1) is 28.2. The number of benzene rings is 2. The summed E-state index contributed by atoms with van der Waals surface area (Å²) in [5.41, 5.74) is -0.448. The minimum Gasteiger partial charge on any atom is -0.352 e. The third kappa shape index (κ3) is 5.06. The number of carbonyl (C=O) groups is 3. The largest absolute Gasteiger partial charge is 0.352 e. The Balaban J connectivity index is 1.52. The number of rotatable bonds is 7. The molecule has 1 saturated heterocycles. The third-order valence-electron chi connectivity index (χ3n) is 7.96. The lowest BCUT2D eigenvalue weighted by molar-refractivity contribution is -0.136. The number of alkyl halides is 2. The fourth-order valence-corrected chi connectivity index (χ4v) is 6.18. The monoisotopic (exact) mass is 603 g/mol. The van der Waals surface area contributed by atoms with E-state index in [-0.39, 0.29) is 34.8 Å². The second-order valence-corrected chi connectivity index (χ2v) is 11.1. The highest BCUT2D eigenvalue weighted by atomic mass is 35.5. The Bertz CT molecular complexity index is 1800. The Morgan fingerprint density at radius 2 is 1.95 bits per heavy atom. The molecule has 3 amide bonds. The number of aromatic amines is 1. The summed E-state index contributed by atoms with van der Waals surface area (Å²) in [5.74, 6) is -6.33. The number of H-pyrrole nitrogens is 1. The standard InChI is InChI=1S/C30H24ClF2N7O3/c31-22-4-2-1-3-21(22)26(27(42)37-20-13-29(32,33)14-20)30(28(43)38-19-5-6-23-18(12-19)16-36-39-23)9-7-25(41)40(30)24-11-17(15-34)8-10-35-24/h1-6,8,10-12,16,20,26H,7,9,13-14H2,(H,36,39)(H,37,42)(H,38,43)/t26-,30?/m1/s1. The molecule has 2 aliphatic rings. The number of anilines is 2. The van der Waals surface area contributed by atoms with Crippen LogP contribution in [-0.4, -0.2) is 50.4 Å². The summed E-state index contributed by atoms with van der Waals surface area (Å²) in [6.45, 7) is 0. The van der Waals surface area contributed by atoms with E-state index < -0.39 is 54.0 Å². The van der Waals surface area contributed by atoms with Gasteiger partial charge in [0.05, 0.1) is 29.3 Å². The Hall–Kier alpha value is -4.89. The highest BCUT2D eigenvalue weighted by Gasteiger charge is 2.61. The molecular weight excluding hydrogens is 580 g/mol. The van der Waals surface area contributed by atoms with Crippen LogP contribution in [0.5, 0.6) is 0 Å². The molecule has 10 nitrogen and oxygen atoms in total. The average Bonchev–Trinajstić information content (AvgIpc) is 3.57. The van der Waals surface area contributed by atoms with Gasteiger partial charge in [0.1, 0.15) is 11.4 Å². The number of nitrogens with one attached hydrogen (secondary N) is 3. The number of hydrogen-bond acceptors (Lipinski definition) is 6. The fourth-order valence-electron chi connectivity index (χ4n) is 5.94. The van der Waals surface area contributed by atoms with Crippen LogP contribution in [0.3, 0.4) is 0 Å². The van der Waals surface area contributed by atoms with E-state index in [4.69, 9.17) is 11.6 Å². The van der Waals surface area contributed by atoms with Crippen molar-refractivity contribution >= 4 is 51.7 Å². The minimum absolute atomic E-state index is 0.0120. The van der Waals surface area contributed by atoms with E-state index in [1.54, 1.807) is 48.7 Å². The Morgan fingerprint density at radius 1 is 1.16 bits per heavy atom.